The number of carbonyl (C=O) groups excluding carboxylic acids is 1. The molecule has 0 saturated heterocycles. The number of carbonyl (C=O) groups is 1. The first-order valence-corrected chi connectivity index (χ1v) is 11.0. The third-order valence-corrected chi connectivity index (χ3v) is 6.31. The quantitative estimate of drug-likeness (QED) is 0.124. The van der Waals surface area contributed by atoms with Gasteiger partial charge in [-0.15, -0.1) is 0 Å². The van der Waals surface area contributed by atoms with Crippen molar-refractivity contribution in [1.82, 2.24) is 0 Å². The molecule has 0 atom stereocenters. The summed E-state index contributed by atoms with van der Waals surface area (Å²) < 4.78 is 175. The van der Waals surface area contributed by atoms with E-state index in [9.17, 15) is 74.0 Å². The van der Waals surface area contributed by atoms with Crippen LogP contribution in [0, 0.1) is 20.2 Å². The highest BCUT2D eigenvalue weighted by atomic mass is 19.4. The maximum atomic E-state index is 15.3. The van der Waals surface area contributed by atoms with Gasteiger partial charge in [-0.1, -0.05) is 19.3 Å². The van der Waals surface area contributed by atoms with Gasteiger partial charge in [0.05, 0.1) is 22.5 Å². The van der Waals surface area contributed by atoms with Gasteiger partial charge in [0, 0.05) is 6.07 Å². The molecular formula is C20H15F12N2O7-. The summed E-state index contributed by atoms with van der Waals surface area (Å²) in [5, 5.41) is 32.7. The second-order valence-corrected chi connectivity index (χ2v) is 8.89. The molecule has 1 aromatic rings. The monoisotopic (exact) mass is 623 g/mol. The minimum Gasteiger partial charge on any atom is -0.543 e. The fourth-order valence-corrected chi connectivity index (χ4v) is 4.18. The summed E-state index contributed by atoms with van der Waals surface area (Å²) in [7, 11) is 0. The number of alkyl halides is 12. The number of nitro benzene ring substituents is 2. The van der Waals surface area contributed by atoms with E-state index in [-0.39, 0.29) is 37.8 Å². The summed E-state index contributed by atoms with van der Waals surface area (Å²) in [6.07, 6.45) is -3.07. The Kier molecular flexibility index (Phi) is 8.78. The molecular weight excluding hydrogens is 608 g/mol. The Morgan fingerprint density at radius 2 is 1.27 bits per heavy atom. The SMILES string of the molecule is O=C([O-])OCC(F)(F)C(F)(F)C(F)(F)C(F)(F)C(F)(F)C(F)(F)c1c(C2CCCCC2)cc([N+](=O)[O-])cc1[N+](=O)[O-]. The Morgan fingerprint density at radius 3 is 1.71 bits per heavy atom. The molecule has 232 valence electrons. The summed E-state index contributed by atoms with van der Waals surface area (Å²) in [4.78, 5) is 29.3. The lowest BCUT2D eigenvalue weighted by atomic mass is 9.78. The van der Waals surface area contributed by atoms with E-state index in [4.69, 9.17) is 0 Å². The number of hydrogen-bond donors (Lipinski definition) is 0. The van der Waals surface area contributed by atoms with Crippen LogP contribution in [-0.4, -0.2) is 52.2 Å². The minimum absolute atomic E-state index is 0.0681. The predicted octanol–water partition coefficient (Wildman–Crippen LogP) is 6.18. The fraction of sp³-hybridized carbons (Fsp3) is 0.650. The zero-order valence-corrected chi connectivity index (χ0v) is 19.8. The van der Waals surface area contributed by atoms with E-state index in [0.717, 1.165) is 0 Å². The van der Waals surface area contributed by atoms with E-state index < -0.39 is 86.6 Å². The molecule has 0 amide bonds. The third-order valence-electron chi connectivity index (χ3n) is 6.31. The number of rotatable bonds is 11. The van der Waals surface area contributed by atoms with Gasteiger partial charge in [-0.05, 0) is 24.3 Å². The normalized spacial score (nSPS) is 16.4. The Labute approximate surface area is 219 Å². The highest BCUT2D eigenvalue weighted by molar-refractivity contribution is 5.58. The molecule has 2 rings (SSSR count). The average molecular weight is 623 g/mol. The van der Waals surface area contributed by atoms with Crippen molar-refractivity contribution in [2.45, 2.75) is 73.6 Å². The van der Waals surface area contributed by atoms with Crippen LogP contribution in [-0.2, 0) is 10.7 Å². The molecule has 1 saturated carbocycles. The van der Waals surface area contributed by atoms with Crippen molar-refractivity contribution in [3.05, 3.63) is 43.5 Å². The molecule has 41 heavy (non-hydrogen) atoms. The number of halogens is 12. The van der Waals surface area contributed by atoms with Crippen LogP contribution in [0.5, 0.6) is 0 Å². The predicted molar refractivity (Wildman–Crippen MR) is 106 cm³/mol. The van der Waals surface area contributed by atoms with Crippen LogP contribution in [0.2, 0.25) is 0 Å². The second-order valence-electron chi connectivity index (χ2n) is 8.89. The minimum atomic E-state index is -8.16. The Hall–Kier alpha value is -3.55. The van der Waals surface area contributed by atoms with Crippen LogP contribution in [0.15, 0.2) is 12.1 Å². The first kappa shape index (κ1) is 33.7. The molecule has 0 aromatic heterocycles. The van der Waals surface area contributed by atoms with E-state index in [1.165, 1.54) is 0 Å². The molecule has 0 spiro atoms. The number of nitro groups is 2. The van der Waals surface area contributed by atoms with E-state index in [1.807, 2.05) is 0 Å². The van der Waals surface area contributed by atoms with E-state index in [1.54, 1.807) is 0 Å². The van der Waals surface area contributed by atoms with Crippen LogP contribution in [0.1, 0.15) is 49.1 Å². The van der Waals surface area contributed by atoms with E-state index >= 15 is 8.78 Å². The zero-order chi connectivity index (χ0) is 32.0. The van der Waals surface area contributed by atoms with Crippen molar-refractivity contribution in [1.29, 1.82) is 0 Å². The molecule has 1 fully saturated rings. The molecule has 0 unspecified atom stereocenters. The Balaban J connectivity index is 2.84. The van der Waals surface area contributed by atoms with Crippen LogP contribution < -0.4 is 5.11 Å². The summed E-state index contributed by atoms with van der Waals surface area (Å²) in [5.74, 6) is -47.0. The van der Waals surface area contributed by atoms with Gasteiger partial charge in [-0.3, -0.25) is 20.2 Å². The van der Waals surface area contributed by atoms with Gasteiger partial charge in [0.2, 0.25) is 0 Å². The lowest BCUT2D eigenvalue weighted by molar-refractivity contribution is -0.432. The molecule has 21 heteroatoms. The van der Waals surface area contributed by atoms with Crippen LogP contribution in [0.25, 0.3) is 0 Å². The smallest absolute Gasteiger partial charge is 0.385 e. The van der Waals surface area contributed by atoms with Gasteiger partial charge >= 0.3 is 35.5 Å². The van der Waals surface area contributed by atoms with Crippen molar-refractivity contribution in [3.8, 4) is 0 Å². The Bertz CT molecular complexity index is 1200. The Morgan fingerprint density at radius 1 is 0.780 bits per heavy atom. The molecule has 9 nitrogen and oxygen atoms in total. The molecule has 1 aromatic carbocycles. The maximum Gasteiger partial charge on any atom is 0.385 e. The number of ether oxygens (including phenoxy) is 1. The standard InChI is InChI=1S/C20H16F12N2O7/c21-15(22,8-41-14(35)36)17(25,26)19(29,30)20(31,32)18(27,28)16(23,24)13-11(9-4-2-1-3-5-9)6-10(33(37)38)7-12(13)34(39)40/h6-7,9H,1-5,8H2,(H,35,36)/p-1. The summed E-state index contributed by atoms with van der Waals surface area (Å²) in [6.45, 7) is -3.37. The van der Waals surface area contributed by atoms with Crippen LogP contribution >= 0.6 is 0 Å². The van der Waals surface area contributed by atoms with E-state index in [2.05, 4.69) is 4.74 Å². The molecule has 0 aliphatic heterocycles. The van der Waals surface area contributed by atoms with Crippen molar-refractivity contribution < 1.29 is 77.2 Å². The highest BCUT2D eigenvalue weighted by Crippen LogP contribution is 2.63. The maximum absolute atomic E-state index is 15.3. The molecule has 0 radical (unpaired) electrons. The number of non-ortho nitro benzene ring substituents is 1. The van der Waals surface area contributed by atoms with Gasteiger partial charge in [0.15, 0.2) is 0 Å². The van der Waals surface area contributed by atoms with Gasteiger partial charge in [0.1, 0.15) is 5.56 Å². The first-order chi connectivity index (χ1) is 18.4. The molecule has 1 aliphatic carbocycles. The molecule has 1 aliphatic rings. The highest BCUT2D eigenvalue weighted by Gasteiger charge is 2.90. The van der Waals surface area contributed by atoms with Gasteiger partial charge in [0.25, 0.3) is 17.5 Å². The number of carboxylic acid groups (broad SMARTS) is 1. The lowest BCUT2D eigenvalue weighted by Crippen LogP contribution is -2.70. The van der Waals surface area contributed by atoms with Crippen molar-refractivity contribution in [3.63, 3.8) is 0 Å². The molecule has 0 bridgehead atoms. The fourth-order valence-electron chi connectivity index (χ4n) is 4.18. The second kappa shape index (κ2) is 10.7. The molecule has 0 N–H and O–H groups in total. The van der Waals surface area contributed by atoms with Crippen molar-refractivity contribution in [2.75, 3.05) is 6.61 Å². The zero-order valence-electron chi connectivity index (χ0n) is 19.8. The summed E-state index contributed by atoms with van der Waals surface area (Å²) in [5.41, 5.74) is -7.90. The average Bonchev–Trinajstić information content (AvgIpc) is 2.86. The largest absolute Gasteiger partial charge is 0.543 e. The van der Waals surface area contributed by atoms with Crippen LogP contribution in [0.4, 0.5) is 68.9 Å². The van der Waals surface area contributed by atoms with Crippen molar-refractivity contribution >= 4 is 17.5 Å². The topological polar surface area (TPSA) is 136 Å². The van der Waals surface area contributed by atoms with Gasteiger partial charge in [-0.25, -0.2) is 0 Å². The number of nitrogens with zero attached hydrogens (tertiary/aromatic N) is 2. The lowest BCUT2D eigenvalue weighted by Gasteiger charge is -2.42. The van der Waals surface area contributed by atoms with Gasteiger partial charge < -0.3 is 14.6 Å². The van der Waals surface area contributed by atoms with Gasteiger partial charge in [-0.2, -0.15) is 52.7 Å². The summed E-state index contributed by atoms with van der Waals surface area (Å²) >= 11 is 0. The number of hydrogen-bond acceptors (Lipinski definition) is 7. The van der Waals surface area contributed by atoms with E-state index in [0.29, 0.717) is 6.42 Å². The third kappa shape index (κ3) is 5.41. The first-order valence-electron chi connectivity index (χ1n) is 11.0. The van der Waals surface area contributed by atoms with Crippen molar-refractivity contribution in [2.24, 2.45) is 0 Å². The molecule has 0 heterocycles. The van der Waals surface area contributed by atoms with Crippen LogP contribution in [0.3, 0.4) is 0 Å². The summed E-state index contributed by atoms with van der Waals surface area (Å²) in [6, 6.07) is -0.319. The number of benzene rings is 1.